The molecule has 0 unspecified atom stereocenters. The van der Waals surface area contributed by atoms with Crippen molar-refractivity contribution in [2.24, 2.45) is 0 Å². The molecule has 1 aromatic carbocycles. The van der Waals surface area contributed by atoms with Crippen molar-refractivity contribution in [1.29, 1.82) is 0 Å². The highest BCUT2D eigenvalue weighted by Gasteiger charge is 2.31. The van der Waals surface area contributed by atoms with E-state index in [0.29, 0.717) is 45.1 Å². The molecule has 38 heavy (non-hydrogen) atoms. The molecular weight excluding hydrogens is 515 g/mol. The quantitative estimate of drug-likeness (QED) is 0.345. The average Bonchev–Trinajstić information content (AvgIpc) is 3.64. The summed E-state index contributed by atoms with van der Waals surface area (Å²) in [4.78, 5) is 41.5. The number of nitrogens with one attached hydrogen (secondary N) is 1. The molecule has 0 spiro atoms. The van der Waals surface area contributed by atoms with Gasteiger partial charge in [-0.25, -0.2) is 9.18 Å². The van der Waals surface area contributed by atoms with Crippen molar-refractivity contribution < 1.29 is 18.7 Å². The Morgan fingerprint density at radius 1 is 1.24 bits per heavy atom. The van der Waals surface area contributed by atoms with Gasteiger partial charge in [-0.15, -0.1) is 4.80 Å². The van der Waals surface area contributed by atoms with Gasteiger partial charge in [0.1, 0.15) is 27.5 Å². The zero-order chi connectivity index (χ0) is 27.0. The predicted octanol–water partition coefficient (Wildman–Crippen LogP) is 2.49. The van der Waals surface area contributed by atoms with Crippen LogP contribution in [0.3, 0.4) is 0 Å². The summed E-state index contributed by atoms with van der Waals surface area (Å²) in [5.74, 6) is -0.285. The maximum Gasteiger partial charge on any atom is 0.332 e. The monoisotopic (exact) mass is 542 g/mol. The van der Waals surface area contributed by atoms with E-state index in [1.54, 1.807) is 6.92 Å². The highest BCUT2D eigenvalue weighted by molar-refractivity contribution is 7.21. The number of ether oxygens (including phenoxy) is 2. The minimum atomic E-state index is -0.760. The minimum Gasteiger partial charge on any atom is -0.496 e. The molecule has 1 amide bonds. The smallest absolute Gasteiger partial charge is 0.332 e. The van der Waals surface area contributed by atoms with E-state index >= 15 is 0 Å². The number of carbonyl (C=O) groups excluding carboxylic acids is 1. The van der Waals surface area contributed by atoms with Crippen LogP contribution in [0.25, 0.3) is 15.2 Å². The first-order valence-electron chi connectivity index (χ1n) is 12.2. The molecule has 1 saturated heterocycles. The van der Waals surface area contributed by atoms with Gasteiger partial charge in [-0.2, -0.15) is 10.2 Å². The standard InChI is InChI=1S/C25H27FN6O5S/c1-4-9-37-19(17-10-15(26)5-6-18(17)36-3)13-30-24-21(14(2)23(38-24)32-28-7-8-29-32)22(34)31(25(30)35)16-11-20(33)27-12-16/h5-8,10,16,19H,4,9,11-13H2,1-3H3,(H,27,33)/t16-,19+/m1/s1. The second-order valence-electron chi connectivity index (χ2n) is 9.01. The maximum atomic E-state index is 14.3. The number of aromatic nitrogens is 5. The summed E-state index contributed by atoms with van der Waals surface area (Å²) in [7, 11) is 1.48. The molecule has 1 N–H and O–H groups in total. The van der Waals surface area contributed by atoms with Gasteiger partial charge in [0.25, 0.3) is 5.56 Å². The summed E-state index contributed by atoms with van der Waals surface area (Å²) in [6.07, 6.45) is 3.00. The lowest BCUT2D eigenvalue weighted by Gasteiger charge is -2.23. The first kappa shape index (κ1) is 25.8. The molecule has 1 aliphatic rings. The van der Waals surface area contributed by atoms with Crippen LogP contribution in [0.15, 0.2) is 40.2 Å². The van der Waals surface area contributed by atoms with Crippen LogP contribution in [0.2, 0.25) is 0 Å². The Morgan fingerprint density at radius 2 is 2.00 bits per heavy atom. The number of benzene rings is 1. The fraction of sp³-hybridized carbons (Fsp3) is 0.400. The number of nitrogens with zero attached hydrogens (tertiary/aromatic N) is 5. The number of rotatable bonds is 9. The molecule has 0 aliphatic carbocycles. The largest absolute Gasteiger partial charge is 0.496 e. The third-order valence-electron chi connectivity index (χ3n) is 6.55. The van der Waals surface area contributed by atoms with Crippen LogP contribution in [0.1, 0.15) is 43.0 Å². The Kier molecular flexibility index (Phi) is 7.13. The van der Waals surface area contributed by atoms with Crippen LogP contribution < -0.4 is 21.3 Å². The summed E-state index contributed by atoms with van der Waals surface area (Å²) in [5.41, 5.74) is -0.00554. The summed E-state index contributed by atoms with van der Waals surface area (Å²) in [5, 5.41) is 12.0. The zero-order valence-corrected chi connectivity index (χ0v) is 22.0. The van der Waals surface area contributed by atoms with Crippen LogP contribution in [0.5, 0.6) is 5.75 Å². The second kappa shape index (κ2) is 10.5. The molecule has 3 aromatic heterocycles. The van der Waals surface area contributed by atoms with Crippen LogP contribution in [0.4, 0.5) is 4.39 Å². The van der Waals surface area contributed by atoms with Crippen LogP contribution in [0, 0.1) is 12.7 Å². The number of fused-ring (bicyclic) bond motifs is 1. The van der Waals surface area contributed by atoms with Crippen molar-refractivity contribution in [3.05, 3.63) is 68.4 Å². The Balaban J connectivity index is 1.75. The van der Waals surface area contributed by atoms with Crippen molar-refractivity contribution in [2.45, 2.75) is 45.4 Å². The van der Waals surface area contributed by atoms with Crippen molar-refractivity contribution in [3.63, 3.8) is 0 Å². The van der Waals surface area contributed by atoms with Crippen LogP contribution in [-0.2, 0) is 16.1 Å². The molecule has 2 atom stereocenters. The summed E-state index contributed by atoms with van der Waals surface area (Å²) in [6.45, 7) is 4.23. The Morgan fingerprint density at radius 3 is 2.66 bits per heavy atom. The Labute approximate surface area is 220 Å². The Hall–Kier alpha value is -3.84. The lowest BCUT2D eigenvalue weighted by Crippen LogP contribution is -2.43. The molecular formula is C25H27FN6O5S. The van der Waals surface area contributed by atoms with Gasteiger partial charge in [-0.3, -0.25) is 18.7 Å². The number of thiophene rings is 1. The first-order chi connectivity index (χ1) is 18.3. The van der Waals surface area contributed by atoms with Gasteiger partial charge in [0, 0.05) is 30.7 Å². The number of aryl methyl sites for hydroxylation is 1. The van der Waals surface area contributed by atoms with E-state index in [-0.39, 0.29) is 25.4 Å². The highest BCUT2D eigenvalue weighted by atomic mass is 32.1. The molecule has 13 heteroatoms. The summed E-state index contributed by atoms with van der Waals surface area (Å²) < 4.78 is 28.5. The molecule has 200 valence electrons. The zero-order valence-electron chi connectivity index (χ0n) is 21.1. The molecule has 4 heterocycles. The molecule has 5 rings (SSSR count). The normalized spacial score (nSPS) is 16.2. The van der Waals surface area contributed by atoms with E-state index < -0.39 is 29.2 Å². The van der Waals surface area contributed by atoms with Crippen LogP contribution >= 0.6 is 11.3 Å². The maximum absolute atomic E-state index is 14.3. The molecule has 0 saturated carbocycles. The van der Waals surface area contributed by atoms with Crippen molar-refractivity contribution in [3.8, 4) is 10.8 Å². The van der Waals surface area contributed by atoms with Gasteiger partial charge >= 0.3 is 5.69 Å². The van der Waals surface area contributed by atoms with Gasteiger partial charge in [-0.1, -0.05) is 18.3 Å². The molecule has 1 aliphatic heterocycles. The Bertz CT molecular complexity index is 1610. The minimum absolute atomic E-state index is 0.0184. The number of carbonyl (C=O) groups is 1. The lowest BCUT2D eigenvalue weighted by molar-refractivity contribution is -0.119. The van der Waals surface area contributed by atoms with E-state index in [1.807, 2.05) is 6.92 Å². The number of amides is 1. The van der Waals surface area contributed by atoms with Gasteiger partial charge in [0.15, 0.2) is 0 Å². The average molecular weight is 543 g/mol. The molecule has 0 bridgehead atoms. The molecule has 4 aromatic rings. The van der Waals surface area contributed by atoms with E-state index in [4.69, 9.17) is 9.47 Å². The molecule has 1 fully saturated rings. The number of halogens is 1. The molecule has 0 radical (unpaired) electrons. The topological polar surface area (TPSA) is 122 Å². The fourth-order valence-corrected chi connectivity index (χ4v) is 5.96. The van der Waals surface area contributed by atoms with E-state index in [2.05, 4.69) is 15.5 Å². The SMILES string of the molecule is CCCO[C@@H](Cn1c(=O)n([C@H]2CNC(=O)C2)c(=O)c2c(C)c(-n3nccn3)sc21)c1cc(F)ccc1OC. The van der Waals surface area contributed by atoms with Gasteiger partial charge in [0.05, 0.1) is 37.5 Å². The third-order valence-corrected chi connectivity index (χ3v) is 7.83. The molecule has 11 nitrogen and oxygen atoms in total. The lowest BCUT2D eigenvalue weighted by atomic mass is 10.1. The number of methoxy groups -OCH3 is 1. The van der Waals surface area contributed by atoms with Gasteiger partial charge in [0.2, 0.25) is 5.91 Å². The number of hydrogen-bond donors (Lipinski definition) is 1. The third kappa shape index (κ3) is 4.52. The van der Waals surface area contributed by atoms with E-state index in [9.17, 15) is 18.8 Å². The first-order valence-corrected chi connectivity index (χ1v) is 13.0. The van der Waals surface area contributed by atoms with E-state index in [0.717, 1.165) is 4.57 Å². The summed E-state index contributed by atoms with van der Waals surface area (Å²) >= 11 is 1.21. The highest BCUT2D eigenvalue weighted by Crippen LogP contribution is 2.34. The van der Waals surface area contributed by atoms with Crippen molar-refractivity contribution in [1.82, 2.24) is 29.4 Å². The fourth-order valence-electron chi connectivity index (χ4n) is 4.74. The predicted molar refractivity (Wildman–Crippen MR) is 139 cm³/mol. The number of hydrogen-bond acceptors (Lipinski definition) is 8. The second-order valence-corrected chi connectivity index (χ2v) is 9.98. The van der Waals surface area contributed by atoms with Gasteiger partial charge < -0.3 is 14.8 Å². The summed E-state index contributed by atoms with van der Waals surface area (Å²) in [6, 6.07) is 3.50. The van der Waals surface area contributed by atoms with Crippen LogP contribution in [-0.4, -0.2) is 50.3 Å². The van der Waals surface area contributed by atoms with E-state index in [1.165, 1.54) is 58.4 Å². The van der Waals surface area contributed by atoms with Gasteiger partial charge in [-0.05, 0) is 31.5 Å². The van der Waals surface area contributed by atoms with Crippen molar-refractivity contribution in [2.75, 3.05) is 20.3 Å². The van der Waals surface area contributed by atoms with Crippen molar-refractivity contribution >= 4 is 27.5 Å².